The Balaban J connectivity index is 1.59. The van der Waals surface area contributed by atoms with Crippen LogP contribution in [0.25, 0.3) is 17.1 Å². The molecule has 0 unspecified atom stereocenters. The lowest BCUT2D eigenvalue weighted by molar-refractivity contribution is -0.137. The fourth-order valence-corrected chi connectivity index (χ4v) is 4.16. The van der Waals surface area contributed by atoms with Gasteiger partial charge in [0.25, 0.3) is 0 Å². The summed E-state index contributed by atoms with van der Waals surface area (Å²) in [6.07, 6.45) is -3.67. The Morgan fingerprint density at radius 3 is 2.29 bits per heavy atom. The average molecular weight is 483 g/mol. The van der Waals surface area contributed by atoms with E-state index in [2.05, 4.69) is 22.4 Å². The number of nitrogens with one attached hydrogen (secondary N) is 1. The van der Waals surface area contributed by atoms with Crippen molar-refractivity contribution in [2.45, 2.75) is 24.7 Å². The minimum atomic E-state index is -4.56. The maximum absolute atomic E-state index is 13.2. The zero-order chi connectivity index (χ0) is 24.1. The van der Waals surface area contributed by atoms with Crippen molar-refractivity contribution in [1.29, 1.82) is 0 Å². The largest absolute Gasteiger partial charge is 0.418 e. The Morgan fingerprint density at radius 1 is 0.941 bits per heavy atom. The third-order valence-corrected chi connectivity index (χ3v) is 6.04. The number of nitrogens with zero attached hydrogens (tertiary/aromatic N) is 3. The summed E-state index contributed by atoms with van der Waals surface area (Å²) in [5.74, 6) is -0.0967. The normalized spacial score (nSPS) is 11.4. The van der Waals surface area contributed by atoms with Gasteiger partial charge in [0.05, 0.1) is 17.0 Å². The monoisotopic (exact) mass is 482 g/mol. The van der Waals surface area contributed by atoms with E-state index < -0.39 is 17.6 Å². The molecule has 174 valence electrons. The second-order valence-corrected chi connectivity index (χ2v) is 8.35. The van der Waals surface area contributed by atoms with Crippen LogP contribution in [0.2, 0.25) is 0 Å². The number of hydrogen-bond donors (Lipinski definition) is 1. The summed E-state index contributed by atoms with van der Waals surface area (Å²) < 4.78 is 41.5. The molecular weight excluding hydrogens is 461 g/mol. The SMILES string of the molecule is CCc1ccc(-n2c(SCC(=O)Nc3ccccc3C(F)(F)F)nnc2-c2ccccc2)cc1. The van der Waals surface area contributed by atoms with E-state index in [0.29, 0.717) is 11.0 Å². The highest BCUT2D eigenvalue weighted by Gasteiger charge is 2.33. The first kappa shape index (κ1) is 23.6. The van der Waals surface area contributed by atoms with Gasteiger partial charge in [0.15, 0.2) is 11.0 Å². The van der Waals surface area contributed by atoms with E-state index in [4.69, 9.17) is 0 Å². The molecule has 34 heavy (non-hydrogen) atoms. The second-order valence-electron chi connectivity index (χ2n) is 7.41. The Hall–Kier alpha value is -3.59. The van der Waals surface area contributed by atoms with Crippen molar-refractivity contribution in [3.05, 3.63) is 90.0 Å². The van der Waals surface area contributed by atoms with Crippen LogP contribution in [0, 0.1) is 0 Å². The number of alkyl halides is 3. The number of aromatic nitrogens is 3. The highest BCUT2D eigenvalue weighted by Crippen LogP contribution is 2.35. The lowest BCUT2D eigenvalue weighted by atomic mass is 10.1. The second kappa shape index (κ2) is 10.1. The number of para-hydroxylation sites is 1. The summed E-state index contributed by atoms with van der Waals surface area (Å²) in [7, 11) is 0. The van der Waals surface area contributed by atoms with E-state index in [0.717, 1.165) is 35.5 Å². The van der Waals surface area contributed by atoms with E-state index in [1.807, 2.05) is 59.2 Å². The summed E-state index contributed by atoms with van der Waals surface area (Å²) in [5, 5.41) is 11.4. The molecule has 4 rings (SSSR count). The third kappa shape index (κ3) is 5.31. The molecule has 1 amide bonds. The number of benzene rings is 3. The molecule has 0 aliphatic rings. The van der Waals surface area contributed by atoms with Crippen molar-refractivity contribution in [2.75, 3.05) is 11.1 Å². The van der Waals surface area contributed by atoms with Gasteiger partial charge >= 0.3 is 6.18 Å². The maximum atomic E-state index is 13.2. The van der Waals surface area contributed by atoms with Gasteiger partial charge in [0.2, 0.25) is 5.91 Å². The molecule has 0 radical (unpaired) electrons. The molecule has 0 fully saturated rings. The summed E-state index contributed by atoms with van der Waals surface area (Å²) >= 11 is 1.10. The van der Waals surface area contributed by atoms with Crippen molar-refractivity contribution in [3.8, 4) is 17.1 Å². The minimum Gasteiger partial charge on any atom is -0.325 e. The summed E-state index contributed by atoms with van der Waals surface area (Å²) in [5.41, 5.74) is 1.69. The van der Waals surface area contributed by atoms with Crippen molar-refractivity contribution in [3.63, 3.8) is 0 Å². The van der Waals surface area contributed by atoms with Crippen LogP contribution in [0.3, 0.4) is 0 Å². The van der Waals surface area contributed by atoms with Crippen LogP contribution >= 0.6 is 11.8 Å². The Bertz CT molecular complexity index is 1270. The molecule has 0 atom stereocenters. The zero-order valence-electron chi connectivity index (χ0n) is 18.2. The molecule has 3 aromatic carbocycles. The van der Waals surface area contributed by atoms with Crippen molar-refractivity contribution in [2.24, 2.45) is 0 Å². The number of aryl methyl sites for hydroxylation is 1. The van der Waals surface area contributed by atoms with Crippen LogP contribution in [0.1, 0.15) is 18.1 Å². The minimum absolute atomic E-state index is 0.133. The van der Waals surface area contributed by atoms with Crippen LogP contribution in [0.15, 0.2) is 84.0 Å². The number of amides is 1. The van der Waals surface area contributed by atoms with Gasteiger partial charge in [-0.25, -0.2) is 0 Å². The quantitative estimate of drug-likeness (QED) is 0.317. The van der Waals surface area contributed by atoms with Crippen molar-refractivity contribution in [1.82, 2.24) is 14.8 Å². The van der Waals surface area contributed by atoms with Crippen molar-refractivity contribution >= 4 is 23.4 Å². The molecule has 0 aliphatic carbocycles. The molecule has 1 aromatic heterocycles. The predicted octanol–water partition coefficient (Wildman–Crippen LogP) is 6.25. The van der Waals surface area contributed by atoms with Crippen LogP contribution in [-0.4, -0.2) is 26.4 Å². The Morgan fingerprint density at radius 2 is 1.62 bits per heavy atom. The Labute approximate surface area is 199 Å². The molecule has 0 bridgehead atoms. The molecular formula is C25H21F3N4OS. The number of carbonyl (C=O) groups is 1. The first-order valence-corrected chi connectivity index (χ1v) is 11.5. The van der Waals surface area contributed by atoms with E-state index in [-0.39, 0.29) is 11.4 Å². The van der Waals surface area contributed by atoms with Gasteiger partial charge in [0, 0.05) is 11.3 Å². The summed E-state index contributed by atoms with van der Waals surface area (Å²) in [6.45, 7) is 2.07. The van der Waals surface area contributed by atoms with E-state index >= 15 is 0 Å². The molecule has 0 saturated carbocycles. The average Bonchev–Trinajstić information content (AvgIpc) is 3.27. The summed E-state index contributed by atoms with van der Waals surface area (Å²) in [4.78, 5) is 12.5. The standard InChI is InChI=1S/C25H21F3N4OS/c1-2-17-12-14-19(15-13-17)32-23(18-8-4-3-5-9-18)30-31-24(32)34-16-22(33)29-21-11-7-6-10-20(21)25(26,27)28/h3-15H,2,16H2,1H3,(H,29,33). The van der Waals surface area contributed by atoms with Crippen LogP contribution in [-0.2, 0) is 17.4 Å². The van der Waals surface area contributed by atoms with E-state index in [1.54, 1.807) is 0 Å². The number of carbonyl (C=O) groups excluding carboxylic acids is 1. The van der Waals surface area contributed by atoms with Crippen LogP contribution < -0.4 is 5.32 Å². The van der Waals surface area contributed by atoms with Gasteiger partial charge in [-0.3, -0.25) is 9.36 Å². The summed E-state index contributed by atoms with van der Waals surface area (Å²) in [6, 6.07) is 22.4. The number of thioether (sulfide) groups is 1. The lowest BCUT2D eigenvalue weighted by Gasteiger charge is -2.14. The van der Waals surface area contributed by atoms with Gasteiger partial charge in [-0.1, -0.05) is 73.3 Å². The van der Waals surface area contributed by atoms with Gasteiger partial charge in [0.1, 0.15) is 0 Å². The van der Waals surface area contributed by atoms with E-state index in [1.165, 1.54) is 23.8 Å². The predicted molar refractivity (Wildman–Crippen MR) is 127 cm³/mol. The third-order valence-electron chi connectivity index (χ3n) is 5.11. The van der Waals surface area contributed by atoms with Gasteiger partial charge < -0.3 is 5.32 Å². The lowest BCUT2D eigenvalue weighted by Crippen LogP contribution is -2.18. The fourth-order valence-electron chi connectivity index (χ4n) is 3.41. The molecule has 5 nitrogen and oxygen atoms in total. The first-order valence-electron chi connectivity index (χ1n) is 10.6. The maximum Gasteiger partial charge on any atom is 0.418 e. The van der Waals surface area contributed by atoms with E-state index in [9.17, 15) is 18.0 Å². The molecule has 0 saturated heterocycles. The zero-order valence-corrected chi connectivity index (χ0v) is 19.0. The smallest absolute Gasteiger partial charge is 0.325 e. The fraction of sp³-hybridized carbons (Fsp3) is 0.160. The number of anilines is 1. The molecule has 4 aromatic rings. The van der Waals surface area contributed by atoms with Crippen molar-refractivity contribution < 1.29 is 18.0 Å². The molecule has 0 spiro atoms. The van der Waals surface area contributed by atoms with Gasteiger partial charge in [-0.15, -0.1) is 10.2 Å². The van der Waals surface area contributed by atoms with Gasteiger partial charge in [-0.2, -0.15) is 13.2 Å². The molecule has 1 heterocycles. The highest BCUT2D eigenvalue weighted by atomic mass is 32.2. The van der Waals surface area contributed by atoms with Crippen LogP contribution in [0.4, 0.5) is 18.9 Å². The number of rotatable bonds is 7. The van der Waals surface area contributed by atoms with Gasteiger partial charge in [-0.05, 0) is 36.2 Å². The topological polar surface area (TPSA) is 59.8 Å². The van der Waals surface area contributed by atoms with Crippen LogP contribution in [0.5, 0.6) is 0 Å². The highest BCUT2D eigenvalue weighted by molar-refractivity contribution is 7.99. The first-order chi connectivity index (χ1) is 16.4. The molecule has 1 N–H and O–H groups in total. The Kier molecular flexibility index (Phi) is 7.02. The number of halogens is 3. The molecule has 9 heteroatoms. The number of hydrogen-bond acceptors (Lipinski definition) is 4. The molecule has 0 aliphatic heterocycles.